The summed E-state index contributed by atoms with van der Waals surface area (Å²) in [6.45, 7) is 2.38. The van der Waals surface area contributed by atoms with Gasteiger partial charge >= 0.3 is 0 Å². The lowest BCUT2D eigenvalue weighted by molar-refractivity contribution is -0.122. The number of rotatable bonds is 5. The topological polar surface area (TPSA) is 75.9 Å². The number of aromatic nitrogens is 2. The molecule has 0 spiro atoms. The molecule has 3 heterocycles. The van der Waals surface area contributed by atoms with Crippen LogP contribution in [0.1, 0.15) is 12.0 Å². The van der Waals surface area contributed by atoms with Gasteiger partial charge in [0.2, 0.25) is 11.8 Å². The molecule has 5 rings (SSSR count). The third kappa shape index (κ3) is 4.05. The smallest absolute Gasteiger partial charge is 0.229 e. The lowest BCUT2D eigenvalue weighted by Gasteiger charge is -2.17. The third-order valence-electron chi connectivity index (χ3n) is 5.93. The molecule has 1 fully saturated rings. The Morgan fingerprint density at radius 3 is 2.73 bits per heavy atom. The van der Waals surface area contributed by atoms with Crippen LogP contribution in [0.2, 0.25) is 0 Å². The number of para-hydroxylation sites is 1. The van der Waals surface area contributed by atoms with Crippen LogP contribution in [0.3, 0.4) is 0 Å². The van der Waals surface area contributed by atoms with E-state index in [1.165, 1.54) is 0 Å². The van der Waals surface area contributed by atoms with Crippen LogP contribution >= 0.6 is 0 Å². The molecule has 33 heavy (non-hydrogen) atoms. The molecule has 2 aromatic carbocycles. The zero-order chi connectivity index (χ0) is 22.9. The molecule has 0 saturated carbocycles. The number of fused-ring (bicyclic) bond motifs is 1. The van der Waals surface area contributed by atoms with Gasteiger partial charge in [-0.15, -0.1) is 0 Å². The summed E-state index contributed by atoms with van der Waals surface area (Å²) in [5.41, 5.74) is 5.01. The summed E-state index contributed by atoms with van der Waals surface area (Å²) in [4.78, 5) is 32.0. The first-order chi connectivity index (χ1) is 16.0. The van der Waals surface area contributed by atoms with Gasteiger partial charge in [-0.1, -0.05) is 18.2 Å². The highest BCUT2D eigenvalue weighted by molar-refractivity contribution is 6.04. The van der Waals surface area contributed by atoms with E-state index in [0.717, 1.165) is 28.2 Å². The standard InChI is InChI=1S/C26H24N4O3/c1-17-10-11-29-16-22(27-24(29)12-17)18-8-9-23(33-2)21(13-18)28-26(32)19-14-25(31)30(15-19)20-6-4-3-5-7-20/h3-13,16,19H,14-15H2,1-2H3,(H,28,32). The molecule has 1 saturated heterocycles. The number of nitrogens with one attached hydrogen (secondary N) is 1. The average molecular weight is 441 g/mol. The first-order valence-electron chi connectivity index (χ1n) is 10.8. The SMILES string of the molecule is COc1ccc(-c2cn3ccc(C)cc3n2)cc1NC(=O)C1CC(=O)N(c2ccccc2)C1. The second kappa shape index (κ2) is 8.43. The normalized spacial score (nSPS) is 15.8. The number of methoxy groups -OCH3 is 1. The van der Waals surface area contributed by atoms with Crippen LogP contribution < -0.4 is 15.0 Å². The molecular weight excluding hydrogens is 416 g/mol. The first kappa shape index (κ1) is 20.8. The van der Waals surface area contributed by atoms with Gasteiger partial charge in [0, 0.05) is 36.6 Å². The second-order valence-corrected chi connectivity index (χ2v) is 8.24. The minimum Gasteiger partial charge on any atom is -0.495 e. The van der Waals surface area contributed by atoms with Gasteiger partial charge < -0.3 is 19.4 Å². The number of nitrogens with zero attached hydrogens (tertiary/aromatic N) is 3. The van der Waals surface area contributed by atoms with Gasteiger partial charge in [0.15, 0.2) is 0 Å². The third-order valence-corrected chi connectivity index (χ3v) is 5.93. The van der Waals surface area contributed by atoms with Crippen LogP contribution in [-0.2, 0) is 9.59 Å². The molecule has 1 aliphatic rings. The Morgan fingerprint density at radius 1 is 1.12 bits per heavy atom. The van der Waals surface area contributed by atoms with Crippen molar-refractivity contribution in [3.05, 3.63) is 78.6 Å². The van der Waals surface area contributed by atoms with Crippen molar-refractivity contribution in [2.24, 2.45) is 5.92 Å². The van der Waals surface area contributed by atoms with Crippen LogP contribution in [0.5, 0.6) is 5.75 Å². The van der Waals surface area contributed by atoms with E-state index in [1.54, 1.807) is 12.0 Å². The summed E-state index contributed by atoms with van der Waals surface area (Å²) in [6.07, 6.45) is 4.10. The van der Waals surface area contributed by atoms with E-state index in [4.69, 9.17) is 9.72 Å². The number of anilines is 2. The Labute approximate surface area is 191 Å². The van der Waals surface area contributed by atoms with Crippen LogP contribution in [0.25, 0.3) is 16.9 Å². The molecule has 0 bridgehead atoms. The van der Waals surface area contributed by atoms with Gasteiger partial charge in [-0.2, -0.15) is 0 Å². The van der Waals surface area contributed by atoms with Gasteiger partial charge in [-0.3, -0.25) is 9.59 Å². The van der Waals surface area contributed by atoms with E-state index in [0.29, 0.717) is 18.0 Å². The number of hydrogen-bond acceptors (Lipinski definition) is 4. The quantitative estimate of drug-likeness (QED) is 0.502. The van der Waals surface area contributed by atoms with Crippen molar-refractivity contribution in [3.63, 3.8) is 0 Å². The lowest BCUT2D eigenvalue weighted by Crippen LogP contribution is -2.28. The molecule has 0 aliphatic carbocycles. The summed E-state index contributed by atoms with van der Waals surface area (Å²) in [5, 5.41) is 2.97. The van der Waals surface area contributed by atoms with E-state index >= 15 is 0 Å². The van der Waals surface area contributed by atoms with E-state index in [2.05, 4.69) is 5.32 Å². The number of carbonyl (C=O) groups excluding carboxylic acids is 2. The molecule has 1 aliphatic heterocycles. The summed E-state index contributed by atoms with van der Waals surface area (Å²) < 4.78 is 7.43. The largest absolute Gasteiger partial charge is 0.495 e. The number of amides is 2. The van der Waals surface area contributed by atoms with E-state index in [-0.39, 0.29) is 18.2 Å². The molecule has 2 amide bonds. The highest BCUT2D eigenvalue weighted by atomic mass is 16.5. The molecule has 7 nitrogen and oxygen atoms in total. The Kier molecular flexibility index (Phi) is 5.30. The van der Waals surface area contributed by atoms with Crippen LogP contribution in [0.15, 0.2) is 73.1 Å². The fourth-order valence-corrected chi connectivity index (χ4v) is 4.16. The van der Waals surface area contributed by atoms with Gasteiger partial charge in [0.25, 0.3) is 0 Å². The Morgan fingerprint density at radius 2 is 1.94 bits per heavy atom. The number of aryl methyl sites for hydroxylation is 1. The van der Waals surface area contributed by atoms with Crippen molar-refractivity contribution < 1.29 is 14.3 Å². The number of carbonyl (C=O) groups is 2. The van der Waals surface area contributed by atoms with Crippen molar-refractivity contribution in [1.82, 2.24) is 9.38 Å². The zero-order valence-corrected chi connectivity index (χ0v) is 18.5. The van der Waals surface area contributed by atoms with Gasteiger partial charge in [0.05, 0.1) is 24.4 Å². The molecule has 4 aromatic rings. The molecular formula is C26H24N4O3. The summed E-state index contributed by atoms with van der Waals surface area (Å²) in [6, 6.07) is 19.1. The Balaban J connectivity index is 1.38. The predicted octanol–water partition coefficient (Wildman–Crippen LogP) is 4.31. The van der Waals surface area contributed by atoms with Crippen molar-refractivity contribution in [3.8, 4) is 17.0 Å². The maximum atomic E-state index is 13.1. The van der Waals surface area contributed by atoms with Gasteiger partial charge in [-0.25, -0.2) is 4.98 Å². The Bertz CT molecular complexity index is 1350. The van der Waals surface area contributed by atoms with Crippen LogP contribution in [0.4, 0.5) is 11.4 Å². The van der Waals surface area contributed by atoms with Crippen molar-refractivity contribution >= 4 is 28.8 Å². The van der Waals surface area contributed by atoms with Gasteiger partial charge in [-0.05, 0) is 55.0 Å². The fourth-order valence-electron chi connectivity index (χ4n) is 4.16. The molecule has 7 heteroatoms. The lowest BCUT2D eigenvalue weighted by atomic mass is 10.1. The van der Waals surface area contributed by atoms with Crippen molar-refractivity contribution in [1.29, 1.82) is 0 Å². The fraction of sp³-hybridized carbons (Fsp3) is 0.192. The highest BCUT2D eigenvalue weighted by Crippen LogP contribution is 2.32. The number of ether oxygens (including phenoxy) is 1. The molecule has 1 atom stereocenters. The van der Waals surface area contributed by atoms with Crippen LogP contribution in [-0.4, -0.2) is 34.9 Å². The maximum Gasteiger partial charge on any atom is 0.229 e. The molecule has 1 unspecified atom stereocenters. The molecule has 1 N–H and O–H groups in total. The second-order valence-electron chi connectivity index (χ2n) is 8.24. The van der Waals surface area contributed by atoms with Crippen LogP contribution in [0, 0.1) is 12.8 Å². The first-order valence-corrected chi connectivity index (χ1v) is 10.8. The average Bonchev–Trinajstić information content (AvgIpc) is 3.43. The van der Waals surface area contributed by atoms with E-state index in [9.17, 15) is 9.59 Å². The van der Waals surface area contributed by atoms with Crippen molar-refractivity contribution in [2.45, 2.75) is 13.3 Å². The maximum absolute atomic E-state index is 13.1. The van der Waals surface area contributed by atoms with Crippen molar-refractivity contribution in [2.75, 3.05) is 23.9 Å². The number of pyridine rings is 1. The minimum atomic E-state index is -0.441. The van der Waals surface area contributed by atoms with E-state index < -0.39 is 5.92 Å². The zero-order valence-electron chi connectivity index (χ0n) is 18.5. The molecule has 0 radical (unpaired) electrons. The number of hydrogen-bond donors (Lipinski definition) is 1. The number of benzene rings is 2. The predicted molar refractivity (Wildman–Crippen MR) is 127 cm³/mol. The Hall–Kier alpha value is -4.13. The monoisotopic (exact) mass is 440 g/mol. The summed E-state index contributed by atoms with van der Waals surface area (Å²) in [7, 11) is 1.56. The number of imidazole rings is 1. The molecule has 166 valence electrons. The van der Waals surface area contributed by atoms with Gasteiger partial charge in [0.1, 0.15) is 11.4 Å². The summed E-state index contributed by atoms with van der Waals surface area (Å²) >= 11 is 0. The minimum absolute atomic E-state index is 0.0536. The highest BCUT2D eigenvalue weighted by Gasteiger charge is 2.35. The molecule has 2 aromatic heterocycles. The summed E-state index contributed by atoms with van der Waals surface area (Å²) in [5.74, 6) is -0.148. The van der Waals surface area contributed by atoms with E-state index in [1.807, 2.05) is 84.4 Å².